The summed E-state index contributed by atoms with van der Waals surface area (Å²) >= 11 is 0. The van der Waals surface area contributed by atoms with Crippen molar-refractivity contribution in [2.45, 2.75) is 64.0 Å². The van der Waals surface area contributed by atoms with E-state index in [1.54, 1.807) is 0 Å². The maximum Gasteiger partial charge on any atom is 0.259 e. The Morgan fingerprint density at radius 1 is 1.11 bits per heavy atom. The fraction of sp³-hybridized carbons (Fsp3) is 0.400. The summed E-state index contributed by atoms with van der Waals surface area (Å²) in [6.07, 6.45) is 7.10. The standard InChI is InChI=1S/C30H33N5O3/c1-2-5-28-27(18-21-8-10-22(11-9-21)26-7-4-3-6-23(26)19-31)29(37)34(30-32-20-33-35(28)30)24-12-14-25(15-13-24)38-17-16-36/h3-4,6-11,20,24-25,36H,2,5,12-18H2,1H3. The zero-order valence-corrected chi connectivity index (χ0v) is 21.7. The van der Waals surface area contributed by atoms with E-state index in [9.17, 15) is 10.1 Å². The normalized spacial score (nSPS) is 17.5. The highest BCUT2D eigenvalue weighted by atomic mass is 16.5. The predicted octanol–water partition coefficient (Wildman–Crippen LogP) is 4.47. The summed E-state index contributed by atoms with van der Waals surface area (Å²) in [5, 5.41) is 23.1. The van der Waals surface area contributed by atoms with E-state index < -0.39 is 0 Å². The quantitative estimate of drug-likeness (QED) is 0.356. The summed E-state index contributed by atoms with van der Waals surface area (Å²) in [4.78, 5) is 18.6. The van der Waals surface area contributed by atoms with Crippen molar-refractivity contribution < 1.29 is 9.84 Å². The van der Waals surface area contributed by atoms with Gasteiger partial charge in [0.1, 0.15) is 6.33 Å². The molecule has 0 unspecified atom stereocenters. The molecule has 1 aliphatic carbocycles. The molecule has 0 amide bonds. The van der Waals surface area contributed by atoms with Crippen LogP contribution in [0, 0.1) is 11.3 Å². The number of aryl methyl sites for hydroxylation is 1. The second-order valence-corrected chi connectivity index (χ2v) is 9.88. The lowest BCUT2D eigenvalue weighted by Crippen LogP contribution is -2.35. The number of hydrogen-bond acceptors (Lipinski definition) is 6. The molecular weight excluding hydrogens is 478 g/mol. The van der Waals surface area contributed by atoms with Crippen LogP contribution in [0.5, 0.6) is 0 Å². The molecular formula is C30H33N5O3. The molecule has 0 spiro atoms. The van der Waals surface area contributed by atoms with Gasteiger partial charge in [-0.2, -0.15) is 15.3 Å². The van der Waals surface area contributed by atoms with Crippen molar-refractivity contribution in [3.63, 3.8) is 0 Å². The van der Waals surface area contributed by atoms with Crippen molar-refractivity contribution in [2.24, 2.45) is 0 Å². The van der Waals surface area contributed by atoms with Crippen LogP contribution in [-0.2, 0) is 17.6 Å². The van der Waals surface area contributed by atoms with Crippen LogP contribution in [0.3, 0.4) is 0 Å². The predicted molar refractivity (Wildman–Crippen MR) is 145 cm³/mol. The summed E-state index contributed by atoms with van der Waals surface area (Å²) in [7, 11) is 0. The first kappa shape index (κ1) is 25.8. The second-order valence-electron chi connectivity index (χ2n) is 9.88. The number of aliphatic hydroxyl groups is 1. The Kier molecular flexibility index (Phi) is 7.97. The molecule has 0 radical (unpaired) electrons. The SMILES string of the molecule is CCCc1c(Cc2ccc(-c3ccccc3C#N)cc2)c(=O)n(C2CCC(OCCO)CC2)c2ncnn12. The van der Waals surface area contributed by atoms with Crippen LogP contribution in [0.1, 0.15) is 67.5 Å². The summed E-state index contributed by atoms with van der Waals surface area (Å²) in [5.74, 6) is 0.602. The highest BCUT2D eigenvalue weighted by Gasteiger charge is 2.28. The van der Waals surface area contributed by atoms with Crippen molar-refractivity contribution in [1.82, 2.24) is 19.2 Å². The Bertz CT molecular complexity index is 1490. The zero-order chi connectivity index (χ0) is 26.5. The Balaban J connectivity index is 1.49. The maximum atomic E-state index is 14.1. The maximum absolute atomic E-state index is 14.1. The van der Waals surface area contributed by atoms with Gasteiger partial charge in [-0.15, -0.1) is 0 Å². The lowest BCUT2D eigenvalue weighted by molar-refractivity contribution is 0.00158. The Labute approximate surface area is 222 Å². The summed E-state index contributed by atoms with van der Waals surface area (Å²) in [6, 6.07) is 18.0. The molecule has 8 nitrogen and oxygen atoms in total. The molecule has 196 valence electrons. The van der Waals surface area contributed by atoms with Crippen LogP contribution >= 0.6 is 0 Å². The molecule has 0 bridgehead atoms. The number of nitrogens with zero attached hydrogens (tertiary/aromatic N) is 5. The molecule has 0 atom stereocenters. The Hall–Kier alpha value is -3.80. The van der Waals surface area contributed by atoms with Crippen LogP contribution < -0.4 is 5.56 Å². The largest absolute Gasteiger partial charge is 0.394 e. The topological polar surface area (TPSA) is 105 Å². The lowest BCUT2D eigenvalue weighted by Gasteiger charge is -2.30. The third kappa shape index (κ3) is 5.13. The summed E-state index contributed by atoms with van der Waals surface area (Å²) < 4.78 is 9.44. The van der Waals surface area contributed by atoms with E-state index in [4.69, 9.17) is 9.84 Å². The molecule has 0 aliphatic heterocycles. The minimum Gasteiger partial charge on any atom is -0.394 e. The number of fused-ring (bicyclic) bond motifs is 1. The Morgan fingerprint density at radius 2 is 1.87 bits per heavy atom. The molecule has 1 fully saturated rings. The minimum absolute atomic E-state index is 0.00702. The number of benzene rings is 2. The van der Waals surface area contributed by atoms with E-state index >= 15 is 0 Å². The van der Waals surface area contributed by atoms with Crippen LogP contribution in [0.15, 0.2) is 59.7 Å². The molecule has 1 aliphatic rings. The number of rotatable bonds is 9. The van der Waals surface area contributed by atoms with Gasteiger partial charge in [-0.05, 0) is 54.9 Å². The molecule has 5 rings (SSSR count). The first-order valence-electron chi connectivity index (χ1n) is 13.4. The molecule has 8 heteroatoms. The van der Waals surface area contributed by atoms with E-state index in [1.807, 2.05) is 57.6 Å². The average Bonchev–Trinajstić information content (AvgIpc) is 3.44. The van der Waals surface area contributed by atoms with Gasteiger partial charge in [-0.25, -0.2) is 4.52 Å². The molecule has 2 aromatic heterocycles. The van der Waals surface area contributed by atoms with Crippen molar-refractivity contribution in [3.8, 4) is 17.2 Å². The molecule has 4 aromatic rings. The number of nitriles is 1. The van der Waals surface area contributed by atoms with Crippen LogP contribution in [-0.4, -0.2) is 43.6 Å². The van der Waals surface area contributed by atoms with Gasteiger partial charge < -0.3 is 9.84 Å². The smallest absolute Gasteiger partial charge is 0.259 e. The van der Waals surface area contributed by atoms with E-state index in [0.29, 0.717) is 24.4 Å². The molecule has 1 N–H and O–H groups in total. The van der Waals surface area contributed by atoms with Crippen LogP contribution in [0.4, 0.5) is 0 Å². The molecule has 2 aromatic carbocycles. The molecule has 2 heterocycles. The van der Waals surface area contributed by atoms with E-state index in [2.05, 4.69) is 23.1 Å². The summed E-state index contributed by atoms with van der Waals surface area (Å²) in [6.45, 7) is 2.47. The molecule has 0 saturated heterocycles. The van der Waals surface area contributed by atoms with Gasteiger partial charge in [0, 0.05) is 18.0 Å². The number of aliphatic hydroxyl groups excluding tert-OH is 1. The van der Waals surface area contributed by atoms with Crippen molar-refractivity contribution in [1.29, 1.82) is 5.26 Å². The number of aromatic nitrogens is 4. The van der Waals surface area contributed by atoms with Gasteiger partial charge >= 0.3 is 0 Å². The molecule has 1 saturated carbocycles. The van der Waals surface area contributed by atoms with E-state index in [-0.39, 0.29) is 24.3 Å². The van der Waals surface area contributed by atoms with E-state index in [0.717, 1.165) is 66.5 Å². The fourth-order valence-electron chi connectivity index (χ4n) is 5.61. The van der Waals surface area contributed by atoms with Gasteiger partial charge in [-0.1, -0.05) is 55.8 Å². The van der Waals surface area contributed by atoms with Crippen molar-refractivity contribution in [2.75, 3.05) is 13.2 Å². The highest BCUT2D eigenvalue weighted by molar-refractivity contribution is 5.70. The molecule has 38 heavy (non-hydrogen) atoms. The van der Waals surface area contributed by atoms with Gasteiger partial charge in [0.2, 0.25) is 5.78 Å². The zero-order valence-electron chi connectivity index (χ0n) is 21.7. The van der Waals surface area contributed by atoms with Gasteiger partial charge in [0.05, 0.1) is 36.6 Å². The minimum atomic E-state index is 0.00702. The highest BCUT2D eigenvalue weighted by Crippen LogP contribution is 2.31. The Morgan fingerprint density at radius 3 is 2.58 bits per heavy atom. The number of ether oxygens (including phenoxy) is 1. The summed E-state index contributed by atoms with van der Waals surface area (Å²) in [5.41, 5.74) is 5.23. The lowest BCUT2D eigenvalue weighted by atomic mass is 9.92. The number of hydrogen-bond donors (Lipinski definition) is 1. The first-order chi connectivity index (χ1) is 18.6. The van der Waals surface area contributed by atoms with E-state index in [1.165, 1.54) is 6.33 Å². The van der Waals surface area contributed by atoms with Crippen LogP contribution in [0.2, 0.25) is 0 Å². The van der Waals surface area contributed by atoms with Crippen molar-refractivity contribution in [3.05, 3.63) is 87.6 Å². The second kappa shape index (κ2) is 11.7. The van der Waals surface area contributed by atoms with Crippen LogP contribution in [0.25, 0.3) is 16.9 Å². The average molecular weight is 512 g/mol. The third-order valence-corrected chi connectivity index (χ3v) is 7.46. The monoisotopic (exact) mass is 511 g/mol. The fourth-order valence-corrected chi connectivity index (χ4v) is 5.61. The van der Waals surface area contributed by atoms with Gasteiger partial charge in [0.15, 0.2) is 0 Å². The van der Waals surface area contributed by atoms with Gasteiger partial charge in [-0.3, -0.25) is 9.36 Å². The van der Waals surface area contributed by atoms with Crippen molar-refractivity contribution >= 4 is 5.78 Å². The van der Waals surface area contributed by atoms with Gasteiger partial charge in [0.25, 0.3) is 5.56 Å². The third-order valence-electron chi connectivity index (χ3n) is 7.46. The first-order valence-corrected chi connectivity index (χ1v) is 13.4.